The first kappa shape index (κ1) is 25.1. The van der Waals surface area contributed by atoms with E-state index < -0.39 is 0 Å². The van der Waals surface area contributed by atoms with E-state index in [-0.39, 0.29) is 0 Å². The highest BCUT2D eigenvalue weighted by Gasteiger charge is 2.17. The molecule has 0 aliphatic rings. The Morgan fingerprint density at radius 2 is 1.00 bits per heavy atom. The van der Waals surface area contributed by atoms with Crippen LogP contribution in [-0.2, 0) is 0 Å². The fourth-order valence-electron chi connectivity index (χ4n) is 6.16. The van der Waals surface area contributed by atoms with Crippen LogP contribution < -0.4 is 0 Å². The molecular weight excluding hydrogens is 540 g/mol. The van der Waals surface area contributed by atoms with Crippen molar-refractivity contribution in [3.63, 3.8) is 0 Å². The molecule has 8 aromatic rings. The summed E-state index contributed by atoms with van der Waals surface area (Å²) in [6.45, 7) is 0. The van der Waals surface area contributed by atoms with Gasteiger partial charge in [-0.25, -0.2) is 0 Å². The van der Waals surface area contributed by atoms with Crippen LogP contribution in [0.15, 0.2) is 126 Å². The number of hydrogen-bond acceptors (Lipinski definition) is 4. The van der Waals surface area contributed by atoms with Crippen LogP contribution in [0.5, 0.6) is 0 Å². The summed E-state index contributed by atoms with van der Waals surface area (Å²) in [5, 5.41) is 32.6. The van der Waals surface area contributed by atoms with E-state index in [0.717, 1.165) is 71.7 Å². The third kappa shape index (κ3) is 3.92. The maximum atomic E-state index is 9.65. The number of rotatable bonds is 3. The zero-order valence-electron chi connectivity index (χ0n) is 23.2. The zero-order chi connectivity index (χ0) is 29.8. The Morgan fingerprint density at radius 1 is 0.432 bits per heavy atom. The number of benzene rings is 6. The molecule has 0 radical (unpaired) electrons. The summed E-state index contributed by atoms with van der Waals surface area (Å²) in [7, 11) is 0. The van der Waals surface area contributed by atoms with Crippen molar-refractivity contribution in [2.45, 2.75) is 0 Å². The smallest absolute Gasteiger partial charge is 0.135 e. The highest BCUT2D eigenvalue weighted by Crippen LogP contribution is 2.38. The molecule has 0 amide bonds. The molecule has 44 heavy (non-hydrogen) atoms. The Morgan fingerprint density at radius 3 is 1.66 bits per heavy atom. The number of fused-ring (bicyclic) bond motifs is 6. The SMILES string of the molecule is N#Cc1ccc(-c2cc(-c3ccc4oc5ccccc5c4c3)cc(-n3c4ccc(C#N)cc4c4cc(C#N)ccc43)c2)cc1. The number of furan rings is 1. The molecule has 2 heterocycles. The summed E-state index contributed by atoms with van der Waals surface area (Å²) >= 11 is 0. The van der Waals surface area contributed by atoms with Gasteiger partial charge in [-0.3, -0.25) is 0 Å². The molecule has 5 nitrogen and oxygen atoms in total. The molecule has 0 unspecified atom stereocenters. The third-order valence-corrected chi connectivity index (χ3v) is 8.26. The van der Waals surface area contributed by atoms with E-state index in [0.29, 0.717) is 16.7 Å². The monoisotopic (exact) mass is 560 g/mol. The standard InChI is InChI=1S/C39H20N4O/c40-21-24-5-9-27(10-6-24)29-17-30(28-11-14-39-35(20-28)32-3-1-2-4-38(32)44-39)19-31(18-29)43-36-12-7-25(22-41)15-33(36)34-16-26(23-42)8-13-37(34)43/h1-20H. The largest absolute Gasteiger partial charge is 0.456 e. The molecule has 0 spiro atoms. The molecule has 0 N–H and O–H groups in total. The molecule has 5 heteroatoms. The van der Waals surface area contributed by atoms with Gasteiger partial charge in [-0.05, 0) is 107 Å². The quantitative estimate of drug-likeness (QED) is 0.215. The van der Waals surface area contributed by atoms with E-state index >= 15 is 0 Å². The molecule has 8 rings (SSSR count). The Balaban J connectivity index is 1.43. The molecule has 0 bridgehead atoms. The number of para-hydroxylation sites is 1. The fraction of sp³-hybridized carbons (Fsp3) is 0. The maximum absolute atomic E-state index is 9.65. The minimum absolute atomic E-state index is 0.562. The van der Waals surface area contributed by atoms with Crippen LogP contribution in [0.4, 0.5) is 0 Å². The van der Waals surface area contributed by atoms with Gasteiger partial charge in [-0.2, -0.15) is 15.8 Å². The van der Waals surface area contributed by atoms with E-state index in [9.17, 15) is 15.8 Å². The average molecular weight is 561 g/mol. The Labute approximate surface area is 252 Å². The van der Waals surface area contributed by atoms with Crippen molar-refractivity contribution < 1.29 is 4.42 Å². The number of nitrogens with zero attached hydrogens (tertiary/aromatic N) is 4. The van der Waals surface area contributed by atoms with Crippen LogP contribution in [0.2, 0.25) is 0 Å². The highest BCUT2D eigenvalue weighted by molar-refractivity contribution is 6.10. The van der Waals surface area contributed by atoms with Crippen molar-refractivity contribution in [2.75, 3.05) is 0 Å². The lowest BCUT2D eigenvalue weighted by atomic mass is 9.96. The second-order valence-electron chi connectivity index (χ2n) is 10.8. The molecule has 6 aromatic carbocycles. The molecule has 0 saturated heterocycles. The second-order valence-corrected chi connectivity index (χ2v) is 10.8. The molecule has 0 aliphatic heterocycles. The second kappa shape index (κ2) is 9.74. The van der Waals surface area contributed by atoms with Crippen molar-refractivity contribution in [1.29, 1.82) is 15.8 Å². The van der Waals surface area contributed by atoms with Crippen LogP contribution in [-0.4, -0.2) is 4.57 Å². The molecule has 0 aliphatic carbocycles. The molecule has 0 saturated carbocycles. The average Bonchev–Trinajstić information content (AvgIpc) is 3.62. The van der Waals surface area contributed by atoms with Crippen molar-refractivity contribution in [2.24, 2.45) is 0 Å². The van der Waals surface area contributed by atoms with Gasteiger partial charge >= 0.3 is 0 Å². The summed E-state index contributed by atoms with van der Waals surface area (Å²) in [5.41, 5.74) is 10.3. The zero-order valence-corrected chi connectivity index (χ0v) is 23.2. The van der Waals surface area contributed by atoms with Gasteiger partial charge in [0.15, 0.2) is 0 Å². The molecule has 0 fully saturated rings. The first-order valence-corrected chi connectivity index (χ1v) is 14.1. The predicted octanol–water partition coefficient (Wildman–Crippen LogP) is 9.63. The fourth-order valence-corrected chi connectivity index (χ4v) is 6.16. The summed E-state index contributed by atoms with van der Waals surface area (Å²) < 4.78 is 8.29. The Kier molecular flexibility index (Phi) is 5.56. The van der Waals surface area contributed by atoms with Crippen molar-refractivity contribution >= 4 is 43.7 Å². The van der Waals surface area contributed by atoms with Crippen LogP contribution in [0.1, 0.15) is 16.7 Å². The minimum Gasteiger partial charge on any atom is -0.456 e. The van der Waals surface area contributed by atoms with Gasteiger partial charge in [-0.15, -0.1) is 0 Å². The van der Waals surface area contributed by atoms with Gasteiger partial charge in [0.25, 0.3) is 0 Å². The molecule has 2 aromatic heterocycles. The first-order valence-electron chi connectivity index (χ1n) is 14.1. The number of hydrogen-bond donors (Lipinski definition) is 0. The summed E-state index contributed by atoms with van der Waals surface area (Å²) in [6, 6.07) is 46.5. The summed E-state index contributed by atoms with van der Waals surface area (Å²) in [4.78, 5) is 0. The summed E-state index contributed by atoms with van der Waals surface area (Å²) in [5.74, 6) is 0. The summed E-state index contributed by atoms with van der Waals surface area (Å²) in [6.07, 6.45) is 0. The van der Waals surface area contributed by atoms with Crippen molar-refractivity contribution in [3.8, 4) is 46.1 Å². The van der Waals surface area contributed by atoms with Crippen LogP contribution in [0, 0.1) is 34.0 Å². The third-order valence-electron chi connectivity index (χ3n) is 8.26. The van der Waals surface area contributed by atoms with E-state index in [2.05, 4.69) is 59.2 Å². The molecule has 0 atom stereocenters. The van der Waals surface area contributed by atoms with Crippen LogP contribution in [0.25, 0.3) is 71.7 Å². The van der Waals surface area contributed by atoms with E-state index in [1.54, 1.807) is 0 Å². The van der Waals surface area contributed by atoms with Crippen molar-refractivity contribution in [1.82, 2.24) is 4.57 Å². The van der Waals surface area contributed by atoms with Gasteiger partial charge in [0.2, 0.25) is 0 Å². The van der Waals surface area contributed by atoms with Crippen molar-refractivity contribution in [3.05, 3.63) is 138 Å². The molecule has 202 valence electrons. The van der Waals surface area contributed by atoms with Gasteiger partial charge in [-0.1, -0.05) is 36.4 Å². The van der Waals surface area contributed by atoms with E-state index in [1.807, 2.05) is 84.9 Å². The topological polar surface area (TPSA) is 89.4 Å². The van der Waals surface area contributed by atoms with Crippen LogP contribution in [0.3, 0.4) is 0 Å². The first-order chi connectivity index (χ1) is 21.6. The normalized spacial score (nSPS) is 11.1. The Hall–Kier alpha value is -6.61. The van der Waals surface area contributed by atoms with E-state index in [4.69, 9.17) is 4.42 Å². The maximum Gasteiger partial charge on any atom is 0.135 e. The van der Waals surface area contributed by atoms with Gasteiger partial charge < -0.3 is 8.98 Å². The Bertz CT molecular complexity index is 2510. The van der Waals surface area contributed by atoms with Gasteiger partial charge in [0.1, 0.15) is 11.2 Å². The number of nitriles is 3. The lowest BCUT2D eigenvalue weighted by Crippen LogP contribution is -1.96. The predicted molar refractivity (Wildman–Crippen MR) is 173 cm³/mol. The van der Waals surface area contributed by atoms with Crippen LogP contribution >= 0.6 is 0 Å². The van der Waals surface area contributed by atoms with E-state index in [1.165, 1.54) is 0 Å². The lowest BCUT2D eigenvalue weighted by Gasteiger charge is -2.14. The highest BCUT2D eigenvalue weighted by atomic mass is 16.3. The lowest BCUT2D eigenvalue weighted by molar-refractivity contribution is 0.669. The van der Waals surface area contributed by atoms with Gasteiger partial charge in [0.05, 0.1) is 45.9 Å². The van der Waals surface area contributed by atoms with Gasteiger partial charge in [0, 0.05) is 27.2 Å². The minimum atomic E-state index is 0.562. The molecular formula is C39H20N4O. The number of aromatic nitrogens is 1.